The Kier molecular flexibility index (Phi) is 3.14. The van der Waals surface area contributed by atoms with Crippen molar-refractivity contribution in [2.75, 3.05) is 0 Å². The zero-order valence-electron chi connectivity index (χ0n) is 9.40. The van der Waals surface area contributed by atoms with Gasteiger partial charge in [-0.1, -0.05) is 13.0 Å². The Balaban J connectivity index is 2.33. The molecule has 0 fully saturated rings. The van der Waals surface area contributed by atoms with Crippen molar-refractivity contribution in [2.45, 2.75) is 26.8 Å². The van der Waals surface area contributed by atoms with Gasteiger partial charge in [0, 0.05) is 12.1 Å². The molecular weight excluding hydrogens is 220 g/mol. The van der Waals surface area contributed by atoms with E-state index >= 15 is 0 Å². The maximum atomic E-state index is 5.19. The summed E-state index contributed by atoms with van der Waals surface area (Å²) in [5.41, 5.74) is 2.03. The molecule has 0 aliphatic rings. The number of rotatable bonds is 3. The van der Waals surface area contributed by atoms with Crippen LogP contribution in [0, 0.1) is 11.7 Å². The average Bonchev–Trinajstić information content (AvgIpc) is 2.60. The Morgan fingerprint density at radius 3 is 2.94 bits per heavy atom. The molecule has 2 aromatic heterocycles. The third-order valence-electron chi connectivity index (χ3n) is 2.42. The van der Waals surface area contributed by atoms with Crippen molar-refractivity contribution in [3.05, 3.63) is 40.2 Å². The normalized spacial score (nSPS) is 10.6. The van der Waals surface area contributed by atoms with Crippen molar-refractivity contribution in [3.8, 4) is 0 Å². The Morgan fingerprint density at radius 1 is 1.44 bits per heavy atom. The predicted molar refractivity (Wildman–Crippen MR) is 64.9 cm³/mol. The number of H-pyrrole nitrogens is 1. The van der Waals surface area contributed by atoms with Crippen LogP contribution in [0.1, 0.15) is 24.1 Å². The first kappa shape index (κ1) is 11.0. The zero-order chi connectivity index (χ0) is 11.5. The van der Waals surface area contributed by atoms with E-state index in [0.29, 0.717) is 11.3 Å². The number of aromatic nitrogens is 4. The highest BCUT2D eigenvalue weighted by Gasteiger charge is 2.05. The highest BCUT2D eigenvalue weighted by Crippen LogP contribution is 2.05. The van der Waals surface area contributed by atoms with E-state index in [-0.39, 0.29) is 0 Å². The first-order valence-electron chi connectivity index (χ1n) is 5.27. The number of hydrogen-bond acceptors (Lipinski definition) is 3. The van der Waals surface area contributed by atoms with Gasteiger partial charge in [0.05, 0.1) is 12.2 Å². The molecule has 0 spiro atoms. The number of aromatic amines is 1. The number of aryl methyl sites for hydroxylation is 2. The van der Waals surface area contributed by atoms with E-state index in [4.69, 9.17) is 12.2 Å². The van der Waals surface area contributed by atoms with Gasteiger partial charge in [-0.15, -0.1) is 0 Å². The number of hydrogen-bond donors (Lipinski definition) is 1. The van der Waals surface area contributed by atoms with Crippen LogP contribution in [0.2, 0.25) is 0 Å². The number of pyridine rings is 1. The summed E-state index contributed by atoms with van der Waals surface area (Å²) in [5.74, 6) is 0.966. The molecule has 0 aliphatic heterocycles. The van der Waals surface area contributed by atoms with Crippen molar-refractivity contribution in [3.63, 3.8) is 0 Å². The quantitative estimate of drug-likeness (QED) is 0.829. The van der Waals surface area contributed by atoms with Crippen LogP contribution in [0.5, 0.6) is 0 Å². The van der Waals surface area contributed by atoms with Gasteiger partial charge in [-0.2, -0.15) is 5.10 Å². The van der Waals surface area contributed by atoms with Crippen LogP contribution in [0.3, 0.4) is 0 Å². The van der Waals surface area contributed by atoms with Crippen LogP contribution in [-0.4, -0.2) is 19.7 Å². The highest BCUT2D eigenvalue weighted by molar-refractivity contribution is 7.71. The molecular formula is C11H14N4S. The molecule has 0 radical (unpaired) electrons. The summed E-state index contributed by atoms with van der Waals surface area (Å²) in [6.45, 7) is 4.73. The van der Waals surface area contributed by atoms with Crippen LogP contribution in [0.15, 0.2) is 18.2 Å². The second-order valence-electron chi connectivity index (χ2n) is 3.65. The molecule has 0 aromatic carbocycles. The van der Waals surface area contributed by atoms with Crippen LogP contribution >= 0.6 is 12.2 Å². The van der Waals surface area contributed by atoms with Gasteiger partial charge in [-0.3, -0.25) is 14.6 Å². The minimum atomic E-state index is 0.653. The summed E-state index contributed by atoms with van der Waals surface area (Å²) in [6.07, 6.45) is 0.860. The largest absolute Gasteiger partial charge is 0.298 e. The molecule has 4 nitrogen and oxygen atoms in total. The first-order chi connectivity index (χ1) is 7.70. The van der Waals surface area contributed by atoms with Crippen molar-refractivity contribution in [2.24, 2.45) is 0 Å². The zero-order valence-corrected chi connectivity index (χ0v) is 10.2. The summed E-state index contributed by atoms with van der Waals surface area (Å²) < 4.78 is 2.64. The molecule has 0 aliphatic carbocycles. The third-order valence-corrected chi connectivity index (χ3v) is 2.73. The summed E-state index contributed by atoms with van der Waals surface area (Å²) in [5, 5.41) is 6.98. The van der Waals surface area contributed by atoms with E-state index in [0.717, 1.165) is 23.6 Å². The molecule has 2 aromatic rings. The van der Waals surface area contributed by atoms with E-state index < -0.39 is 0 Å². The predicted octanol–water partition coefficient (Wildman–Crippen LogP) is 2.25. The lowest BCUT2D eigenvalue weighted by Crippen LogP contribution is -2.06. The van der Waals surface area contributed by atoms with Gasteiger partial charge in [-0.05, 0) is 31.3 Å². The summed E-state index contributed by atoms with van der Waals surface area (Å²) in [4.78, 5) is 4.46. The molecule has 0 bridgehead atoms. The Hall–Kier alpha value is -1.49. The second kappa shape index (κ2) is 4.57. The maximum Gasteiger partial charge on any atom is 0.195 e. The van der Waals surface area contributed by atoms with Crippen molar-refractivity contribution in [1.29, 1.82) is 0 Å². The lowest BCUT2D eigenvalue weighted by molar-refractivity contribution is 0.707. The molecule has 0 saturated heterocycles. The van der Waals surface area contributed by atoms with Gasteiger partial charge < -0.3 is 0 Å². The summed E-state index contributed by atoms with van der Waals surface area (Å²) in [7, 11) is 0. The van der Waals surface area contributed by atoms with Gasteiger partial charge in [0.2, 0.25) is 0 Å². The van der Waals surface area contributed by atoms with Gasteiger partial charge in [0.1, 0.15) is 5.82 Å². The van der Waals surface area contributed by atoms with E-state index in [9.17, 15) is 0 Å². The van der Waals surface area contributed by atoms with E-state index in [1.807, 2.05) is 29.7 Å². The van der Waals surface area contributed by atoms with Crippen molar-refractivity contribution in [1.82, 2.24) is 19.7 Å². The van der Waals surface area contributed by atoms with Crippen molar-refractivity contribution < 1.29 is 0 Å². The molecule has 0 saturated carbocycles. The molecule has 2 heterocycles. The average molecular weight is 234 g/mol. The highest BCUT2D eigenvalue weighted by atomic mass is 32.1. The van der Waals surface area contributed by atoms with Crippen LogP contribution in [-0.2, 0) is 13.0 Å². The smallest absolute Gasteiger partial charge is 0.195 e. The monoisotopic (exact) mass is 234 g/mol. The maximum absolute atomic E-state index is 5.19. The Morgan fingerprint density at radius 2 is 2.25 bits per heavy atom. The fraction of sp³-hybridized carbons (Fsp3) is 0.364. The second-order valence-corrected chi connectivity index (χ2v) is 4.04. The fourth-order valence-corrected chi connectivity index (χ4v) is 1.85. The van der Waals surface area contributed by atoms with Gasteiger partial charge in [-0.25, -0.2) is 0 Å². The Bertz CT molecular complexity index is 541. The van der Waals surface area contributed by atoms with Crippen LogP contribution in [0.4, 0.5) is 0 Å². The molecule has 1 N–H and O–H groups in total. The molecule has 0 unspecified atom stereocenters. The first-order valence-corrected chi connectivity index (χ1v) is 5.68. The van der Waals surface area contributed by atoms with Crippen molar-refractivity contribution >= 4 is 12.2 Å². The van der Waals surface area contributed by atoms with E-state index in [2.05, 4.69) is 22.1 Å². The molecule has 16 heavy (non-hydrogen) atoms. The lowest BCUT2D eigenvalue weighted by atomic mass is 10.3. The molecule has 0 atom stereocenters. The lowest BCUT2D eigenvalue weighted by Gasteiger charge is -2.05. The molecule has 2 rings (SSSR count). The standard InChI is InChI=1S/C11H14N4S/c1-3-10-13-14-11(16)15(10)7-9-6-4-5-8(2)12-9/h4-6H,3,7H2,1-2H3,(H,14,16). The summed E-state index contributed by atoms with van der Waals surface area (Å²) >= 11 is 5.19. The van der Waals surface area contributed by atoms with E-state index in [1.165, 1.54) is 0 Å². The number of nitrogens with one attached hydrogen (secondary N) is 1. The number of nitrogens with zero attached hydrogens (tertiary/aromatic N) is 3. The van der Waals surface area contributed by atoms with Crippen LogP contribution < -0.4 is 0 Å². The Labute approximate surface area is 99.4 Å². The molecule has 5 heteroatoms. The SMILES string of the molecule is CCc1n[nH]c(=S)n1Cc1cccc(C)n1. The summed E-state index contributed by atoms with van der Waals surface area (Å²) in [6, 6.07) is 5.99. The molecule has 84 valence electrons. The topological polar surface area (TPSA) is 46.5 Å². The molecule has 0 amide bonds. The van der Waals surface area contributed by atoms with Gasteiger partial charge >= 0.3 is 0 Å². The van der Waals surface area contributed by atoms with Crippen LogP contribution in [0.25, 0.3) is 0 Å². The third kappa shape index (κ3) is 2.19. The van der Waals surface area contributed by atoms with Gasteiger partial charge in [0.15, 0.2) is 4.77 Å². The fourth-order valence-electron chi connectivity index (χ4n) is 1.63. The van der Waals surface area contributed by atoms with Gasteiger partial charge in [0.25, 0.3) is 0 Å². The minimum Gasteiger partial charge on any atom is -0.298 e. The minimum absolute atomic E-state index is 0.653. The van der Waals surface area contributed by atoms with E-state index in [1.54, 1.807) is 0 Å².